The first-order valence-electron chi connectivity index (χ1n) is 7.47. The SMILES string of the molecule is Cc1cc(Cl)ccc1NC(=O)CCC(=O)N1CCC(O)CC1. The van der Waals surface area contributed by atoms with E-state index in [9.17, 15) is 14.7 Å². The van der Waals surface area contributed by atoms with E-state index < -0.39 is 0 Å². The number of carbonyl (C=O) groups excluding carboxylic acids is 2. The number of rotatable bonds is 4. The number of carbonyl (C=O) groups is 2. The van der Waals surface area contributed by atoms with E-state index >= 15 is 0 Å². The van der Waals surface area contributed by atoms with Crippen LogP contribution in [-0.2, 0) is 9.59 Å². The summed E-state index contributed by atoms with van der Waals surface area (Å²) in [6.07, 6.45) is 1.26. The molecule has 0 atom stereocenters. The number of aliphatic hydroxyl groups is 1. The quantitative estimate of drug-likeness (QED) is 0.893. The minimum absolute atomic E-state index is 0.0325. The zero-order valence-corrected chi connectivity index (χ0v) is 13.4. The fraction of sp³-hybridized carbons (Fsp3) is 0.500. The molecule has 1 aliphatic heterocycles. The predicted octanol–water partition coefficient (Wildman–Crippen LogP) is 2.35. The lowest BCUT2D eigenvalue weighted by Gasteiger charge is -2.29. The Kier molecular flexibility index (Phi) is 5.80. The molecule has 0 saturated carbocycles. The summed E-state index contributed by atoms with van der Waals surface area (Å²) in [5, 5.41) is 12.8. The molecule has 0 bridgehead atoms. The number of halogens is 1. The first-order chi connectivity index (χ1) is 10.5. The molecule has 6 heteroatoms. The lowest BCUT2D eigenvalue weighted by Crippen LogP contribution is -2.40. The van der Waals surface area contributed by atoms with Gasteiger partial charge in [0, 0.05) is 36.6 Å². The molecule has 1 saturated heterocycles. The lowest BCUT2D eigenvalue weighted by atomic mass is 10.1. The molecule has 2 amide bonds. The number of nitrogens with one attached hydrogen (secondary N) is 1. The van der Waals surface area contributed by atoms with Crippen molar-refractivity contribution in [2.75, 3.05) is 18.4 Å². The highest BCUT2D eigenvalue weighted by Gasteiger charge is 2.21. The molecule has 0 spiro atoms. The normalized spacial score (nSPS) is 15.7. The maximum atomic E-state index is 12.0. The van der Waals surface area contributed by atoms with E-state index in [4.69, 9.17) is 11.6 Å². The highest BCUT2D eigenvalue weighted by Crippen LogP contribution is 2.20. The fourth-order valence-electron chi connectivity index (χ4n) is 2.47. The van der Waals surface area contributed by atoms with Crippen LogP contribution in [0.25, 0.3) is 0 Å². The Morgan fingerprint density at radius 2 is 2.00 bits per heavy atom. The number of benzene rings is 1. The predicted molar refractivity (Wildman–Crippen MR) is 85.9 cm³/mol. The zero-order chi connectivity index (χ0) is 16.1. The van der Waals surface area contributed by atoms with Crippen LogP contribution in [0.4, 0.5) is 5.69 Å². The number of anilines is 1. The van der Waals surface area contributed by atoms with Gasteiger partial charge in [0.05, 0.1) is 6.10 Å². The third kappa shape index (κ3) is 4.71. The van der Waals surface area contributed by atoms with E-state index in [2.05, 4.69) is 5.32 Å². The van der Waals surface area contributed by atoms with Gasteiger partial charge in [0.15, 0.2) is 0 Å². The van der Waals surface area contributed by atoms with Gasteiger partial charge < -0.3 is 15.3 Å². The van der Waals surface area contributed by atoms with Gasteiger partial charge in [-0.2, -0.15) is 0 Å². The van der Waals surface area contributed by atoms with Crippen molar-refractivity contribution in [2.45, 2.75) is 38.7 Å². The van der Waals surface area contributed by atoms with Crippen LogP contribution < -0.4 is 5.32 Å². The van der Waals surface area contributed by atoms with Crippen LogP contribution in [0.1, 0.15) is 31.2 Å². The Bertz CT molecular complexity index is 554. The summed E-state index contributed by atoms with van der Waals surface area (Å²) in [6, 6.07) is 5.25. The number of likely N-dealkylation sites (tertiary alicyclic amines) is 1. The van der Waals surface area contributed by atoms with Crippen LogP contribution >= 0.6 is 11.6 Å². The maximum Gasteiger partial charge on any atom is 0.224 e. The molecule has 1 fully saturated rings. The van der Waals surface area contributed by atoms with Crippen LogP contribution in [0.3, 0.4) is 0 Å². The van der Waals surface area contributed by atoms with Gasteiger partial charge in [-0.3, -0.25) is 9.59 Å². The third-order valence-electron chi connectivity index (χ3n) is 3.85. The standard InChI is InChI=1S/C16H21ClN2O3/c1-11-10-12(17)2-3-14(11)18-15(21)4-5-16(22)19-8-6-13(20)7-9-19/h2-3,10,13,20H,4-9H2,1H3,(H,18,21). The number of aliphatic hydroxyl groups excluding tert-OH is 1. The Morgan fingerprint density at radius 1 is 1.32 bits per heavy atom. The number of amides is 2. The van der Waals surface area contributed by atoms with Crippen molar-refractivity contribution >= 4 is 29.1 Å². The summed E-state index contributed by atoms with van der Waals surface area (Å²) in [5.41, 5.74) is 1.60. The summed E-state index contributed by atoms with van der Waals surface area (Å²) in [7, 11) is 0. The van der Waals surface area contributed by atoms with Crippen molar-refractivity contribution in [3.63, 3.8) is 0 Å². The molecule has 1 heterocycles. The van der Waals surface area contributed by atoms with E-state index in [0.717, 1.165) is 5.56 Å². The van der Waals surface area contributed by atoms with Crippen molar-refractivity contribution in [1.82, 2.24) is 4.90 Å². The van der Waals surface area contributed by atoms with Crippen molar-refractivity contribution in [1.29, 1.82) is 0 Å². The summed E-state index contributed by atoms with van der Waals surface area (Å²) in [4.78, 5) is 25.7. The van der Waals surface area contributed by atoms with Crippen LogP contribution in [0.15, 0.2) is 18.2 Å². The first-order valence-corrected chi connectivity index (χ1v) is 7.85. The second kappa shape index (κ2) is 7.61. The zero-order valence-electron chi connectivity index (χ0n) is 12.6. The average Bonchev–Trinajstić information content (AvgIpc) is 2.48. The average molecular weight is 325 g/mol. The second-order valence-electron chi connectivity index (χ2n) is 5.62. The van der Waals surface area contributed by atoms with E-state index in [1.807, 2.05) is 6.92 Å². The second-order valence-corrected chi connectivity index (χ2v) is 6.06. The molecule has 5 nitrogen and oxygen atoms in total. The topological polar surface area (TPSA) is 69.6 Å². The summed E-state index contributed by atoms with van der Waals surface area (Å²) < 4.78 is 0. The van der Waals surface area contributed by atoms with Gasteiger partial charge in [-0.15, -0.1) is 0 Å². The molecule has 0 aliphatic carbocycles. The van der Waals surface area contributed by atoms with Crippen molar-refractivity contribution in [3.8, 4) is 0 Å². The molecular formula is C16H21ClN2O3. The van der Waals surface area contributed by atoms with Crippen molar-refractivity contribution in [2.24, 2.45) is 0 Å². The molecule has 120 valence electrons. The Balaban J connectivity index is 1.79. The van der Waals surface area contributed by atoms with Gasteiger partial charge in [-0.1, -0.05) is 11.6 Å². The monoisotopic (exact) mass is 324 g/mol. The van der Waals surface area contributed by atoms with Gasteiger partial charge in [0.25, 0.3) is 0 Å². The van der Waals surface area contributed by atoms with Crippen LogP contribution in [0.5, 0.6) is 0 Å². The molecule has 0 unspecified atom stereocenters. The maximum absolute atomic E-state index is 12.0. The largest absolute Gasteiger partial charge is 0.393 e. The van der Waals surface area contributed by atoms with Gasteiger partial charge >= 0.3 is 0 Å². The summed E-state index contributed by atoms with van der Waals surface area (Å²) >= 11 is 5.87. The molecule has 1 aromatic rings. The molecule has 0 radical (unpaired) electrons. The molecule has 0 aromatic heterocycles. The van der Waals surface area contributed by atoms with Gasteiger partial charge in [-0.25, -0.2) is 0 Å². The number of hydrogen-bond acceptors (Lipinski definition) is 3. The van der Waals surface area contributed by atoms with E-state index in [0.29, 0.717) is 36.6 Å². The van der Waals surface area contributed by atoms with E-state index in [1.54, 1.807) is 23.1 Å². The third-order valence-corrected chi connectivity index (χ3v) is 4.08. The Morgan fingerprint density at radius 3 is 2.64 bits per heavy atom. The molecule has 22 heavy (non-hydrogen) atoms. The van der Waals surface area contributed by atoms with Gasteiger partial charge in [0.1, 0.15) is 0 Å². The van der Waals surface area contributed by atoms with Gasteiger partial charge in [-0.05, 0) is 43.5 Å². The number of hydrogen-bond donors (Lipinski definition) is 2. The van der Waals surface area contributed by atoms with Crippen molar-refractivity contribution in [3.05, 3.63) is 28.8 Å². The number of aryl methyl sites for hydroxylation is 1. The van der Waals surface area contributed by atoms with E-state index in [-0.39, 0.29) is 30.8 Å². The molecule has 2 N–H and O–H groups in total. The van der Waals surface area contributed by atoms with E-state index in [1.165, 1.54) is 0 Å². The minimum atomic E-state index is -0.305. The Hall–Kier alpha value is -1.59. The van der Waals surface area contributed by atoms with Crippen LogP contribution in [0, 0.1) is 6.92 Å². The Labute approximate surface area is 135 Å². The van der Waals surface area contributed by atoms with Crippen molar-refractivity contribution < 1.29 is 14.7 Å². The number of piperidine rings is 1. The highest BCUT2D eigenvalue weighted by molar-refractivity contribution is 6.30. The molecular weight excluding hydrogens is 304 g/mol. The molecule has 1 aliphatic rings. The number of nitrogens with zero attached hydrogens (tertiary/aromatic N) is 1. The molecule has 2 rings (SSSR count). The molecule has 1 aromatic carbocycles. The van der Waals surface area contributed by atoms with Crippen LogP contribution in [0.2, 0.25) is 5.02 Å². The minimum Gasteiger partial charge on any atom is -0.393 e. The smallest absolute Gasteiger partial charge is 0.224 e. The fourth-order valence-corrected chi connectivity index (χ4v) is 2.70. The van der Waals surface area contributed by atoms with Gasteiger partial charge in [0.2, 0.25) is 11.8 Å². The summed E-state index contributed by atoms with van der Waals surface area (Å²) in [5.74, 6) is -0.217. The van der Waals surface area contributed by atoms with Crippen LogP contribution in [-0.4, -0.2) is 41.0 Å². The lowest BCUT2D eigenvalue weighted by molar-refractivity contribution is -0.134. The first kappa shape index (κ1) is 16.8. The highest BCUT2D eigenvalue weighted by atomic mass is 35.5. The summed E-state index contributed by atoms with van der Waals surface area (Å²) in [6.45, 7) is 3.00.